The molecule has 226 valence electrons. The zero-order chi connectivity index (χ0) is 30.4. The first kappa shape index (κ1) is 31.6. The van der Waals surface area contributed by atoms with Crippen LogP contribution in [0.5, 0.6) is 11.5 Å². The molecule has 0 aliphatic heterocycles. The fourth-order valence-electron chi connectivity index (χ4n) is 5.60. The van der Waals surface area contributed by atoms with Gasteiger partial charge in [0.25, 0.3) is 0 Å². The Morgan fingerprint density at radius 3 is 1.49 bits per heavy atom. The highest BCUT2D eigenvalue weighted by Gasteiger charge is 2.15. The molecular weight excluding hydrogens is 532 g/mol. The van der Waals surface area contributed by atoms with Crippen molar-refractivity contribution in [3.63, 3.8) is 0 Å². The van der Waals surface area contributed by atoms with E-state index in [2.05, 4.69) is 84.0 Å². The van der Waals surface area contributed by atoms with Crippen molar-refractivity contribution in [1.82, 2.24) is 19.9 Å². The van der Waals surface area contributed by atoms with Gasteiger partial charge in [-0.15, -0.1) is 0 Å². The molecular formula is C37H46N4O2. The number of rotatable bonds is 13. The third-order valence-corrected chi connectivity index (χ3v) is 7.77. The summed E-state index contributed by atoms with van der Waals surface area (Å²) < 4.78 is 11.9. The van der Waals surface area contributed by atoms with Crippen molar-refractivity contribution in [3.05, 3.63) is 130 Å². The third kappa shape index (κ3) is 8.38. The smallest absolute Gasteiger partial charge is 0.123 e. The third-order valence-electron chi connectivity index (χ3n) is 7.77. The van der Waals surface area contributed by atoms with Gasteiger partial charge in [0.15, 0.2) is 0 Å². The van der Waals surface area contributed by atoms with Crippen molar-refractivity contribution in [2.45, 2.75) is 79.8 Å². The average Bonchev–Trinajstić information content (AvgIpc) is 3.76. The molecule has 0 saturated carbocycles. The van der Waals surface area contributed by atoms with E-state index in [1.807, 2.05) is 43.7 Å². The predicted octanol–water partition coefficient (Wildman–Crippen LogP) is 8.23. The van der Waals surface area contributed by atoms with Crippen molar-refractivity contribution >= 4 is 0 Å². The van der Waals surface area contributed by atoms with Crippen LogP contribution in [0.3, 0.4) is 0 Å². The molecule has 0 bridgehead atoms. The van der Waals surface area contributed by atoms with Gasteiger partial charge in [0, 0.05) is 37.6 Å². The normalized spacial score (nSPS) is 10.7. The molecule has 5 aromatic rings. The quantitative estimate of drug-likeness (QED) is 0.148. The van der Waals surface area contributed by atoms with Crippen LogP contribution in [-0.4, -0.2) is 26.5 Å². The fourth-order valence-corrected chi connectivity index (χ4v) is 5.60. The molecule has 2 N–H and O–H groups in total. The fraction of sp³-hybridized carbons (Fsp3) is 0.351. The molecule has 0 radical (unpaired) electrons. The molecule has 2 aromatic heterocycles. The predicted molar refractivity (Wildman–Crippen MR) is 175 cm³/mol. The first-order valence-electron chi connectivity index (χ1n) is 15.6. The Labute approximate surface area is 256 Å². The highest BCUT2D eigenvalue weighted by atomic mass is 16.5. The van der Waals surface area contributed by atoms with Crippen LogP contribution in [0.1, 0.15) is 85.2 Å². The summed E-state index contributed by atoms with van der Waals surface area (Å²) in [5.74, 6) is 4.02. The summed E-state index contributed by atoms with van der Waals surface area (Å²) in [4.78, 5) is 15.1. The Kier molecular flexibility index (Phi) is 12.0. The van der Waals surface area contributed by atoms with Gasteiger partial charge in [0.2, 0.25) is 0 Å². The van der Waals surface area contributed by atoms with E-state index in [1.165, 1.54) is 38.9 Å². The Morgan fingerprint density at radius 1 is 0.558 bits per heavy atom. The van der Waals surface area contributed by atoms with E-state index < -0.39 is 0 Å². The van der Waals surface area contributed by atoms with E-state index in [0.717, 1.165) is 61.7 Å². The van der Waals surface area contributed by atoms with E-state index in [9.17, 15) is 0 Å². The van der Waals surface area contributed by atoms with E-state index >= 15 is 0 Å². The number of hydrogen-bond donors (Lipinski definition) is 2. The molecule has 3 aromatic carbocycles. The first-order valence-corrected chi connectivity index (χ1v) is 15.6. The largest absolute Gasteiger partial charge is 0.494 e. The Hall–Kier alpha value is -4.32. The number of nitrogens with one attached hydrogen (secondary N) is 2. The number of hydrogen-bond acceptors (Lipinski definition) is 4. The maximum atomic E-state index is 6.14. The number of ether oxygens (including phenoxy) is 2. The highest BCUT2D eigenvalue weighted by molar-refractivity contribution is 5.48. The minimum atomic E-state index is 0.597. The Bertz CT molecular complexity index is 1510. The number of aromatic nitrogens is 4. The van der Waals surface area contributed by atoms with Crippen molar-refractivity contribution < 1.29 is 9.47 Å². The second-order valence-corrected chi connectivity index (χ2v) is 10.4. The van der Waals surface area contributed by atoms with Gasteiger partial charge in [-0.05, 0) is 83.7 Å². The second-order valence-electron chi connectivity index (χ2n) is 10.4. The van der Waals surface area contributed by atoms with Crippen LogP contribution in [0.2, 0.25) is 0 Å². The lowest BCUT2D eigenvalue weighted by molar-refractivity contribution is 0.302. The van der Waals surface area contributed by atoms with Crippen LogP contribution in [0.15, 0.2) is 79.4 Å². The maximum Gasteiger partial charge on any atom is 0.123 e. The minimum absolute atomic E-state index is 0.597. The van der Waals surface area contributed by atoms with Crippen molar-refractivity contribution in [3.8, 4) is 11.5 Å². The van der Waals surface area contributed by atoms with Gasteiger partial charge in [-0.25, -0.2) is 9.97 Å². The standard InChI is InChI=1S/C21H24N2O.C16H22N2O/c1-3-17-10-11-20(24-15-16-8-6-5-7-9-16)18(4-2)19(17)14-21-22-12-13-23-21;1-4-12-7-8-15(19-6-3)13(5-2)14(12)11-16-17-9-10-18-16/h5-13H,3-4,14-15H2,1-2H3,(H,22,23);7-10H,4-6,11H2,1-3H3,(H,17,18). The van der Waals surface area contributed by atoms with Crippen LogP contribution in [0.25, 0.3) is 0 Å². The molecule has 2 heterocycles. The SMILES string of the molecule is CCOc1ccc(CC)c(Cc2ncc[nH]2)c1CC.CCc1ccc(OCc2ccccc2)c(CC)c1Cc1ncc[nH]1. The molecule has 0 fully saturated rings. The summed E-state index contributed by atoms with van der Waals surface area (Å²) >= 11 is 0. The monoisotopic (exact) mass is 578 g/mol. The van der Waals surface area contributed by atoms with E-state index in [0.29, 0.717) is 13.2 Å². The molecule has 0 amide bonds. The van der Waals surface area contributed by atoms with Crippen LogP contribution in [0, 0.1) is 0 Å². The molecule has 6 heteroatoms. The summed E-state index contributed by atoms with van der Waals surface area (Å²) in [6.07, 6.45) is 13.0. The zero-order valence-corrected chi connectivity index (χ0v) is 26.4. The van der Waals surface area contributed by atoms with Crippen LogP contribution in [0.4, 0.5) is 0 Å². The lowest BCUT2D eigenvalue weighted by Crippen LogP contribution is -2.06. The van der Waals surface area contributed by atoms with E-state index in [1.54, 1.807) is 6.20 Å². The number of H-pyrrole nitrogens is 2. The maximum absolute atomic E-state index is 6.14. The lowest BCUT2D eigenvalue weighted by atomic mass is 9.94. The molecule has 0 aliphatic carbocycles. The molecule has 0 aliphatic rings. The molecule has 6 nitrogen and oxygen atoms in total. The zero-order valence-electron chi connectivity index (χ0n) is 26.4. The van der Waals surface area contributed by atoms with Gasteiger partial charge in [0.1, 0.15) is 29.8 Å². The van der Waals surface area contributed by atoms with Gasteiger partial charge in [-0.2, -0.15) is 0 Å². The van der Waals surface area contributed by atoms with E-state index in [-0.39, 0.29) is 0 Å². The summed E-state index contributed by atoms with van der Waals surface area (Å²) in [5.41, 5.74) is 9.27. The Balaban J connectivity index is 0.000000203. The molecule has 0 saturated heterocycles. The average molecular weight is 579 g/mol. The topological polar surface area (TPSA) is 75.8 Å². The van der Waals surface area contributed by atoms with Crippen molar-refractivity contribution in [2.24, 2.45) is 0 Å². The minimum Gasteiger partial charge on any atom is -0.494 e. The number of imidazole rings is 2. The van der Waals surface area contributed by atoms with Crippen LogP contribution < -0.4 is 9.47 Å². The summed E-state index contributed by atoms with van der Waals surface area (Å²) in [5, 5.41) is 0. The molecule has 5 rings (SSSR count). The van der Waals surface area contributed by atoms with Crippen molar-refractivity contribution in [1.29, 1.82) is 0 Å². The van der Waals surface area contributed by atoms with Crippen molar-refractivity contribution in [2.75, 3.05) is 6.61 Å². The van der Waals surface area contributed by atoms with Gasteiger partial charge in [-0.3, -0.25) is 0 Å². The van der Waals surface area contributed by atoms with Gasteiger partial charge < -0.3 is 19.4 Å². The molecule has 43 heavy (non-hydrogen) atoms. The molecule has 0 unspecified atom stereocenters. The van der Waals surface area contributed by atoms with Crippen LogP contribution in [-0.2, 0) is 45.1 Å². The highest BCUT2D eigenvalue weighted by Crippen LogP contribution is 2.30. The summed E-state index contributed by atoms with van der Waals surface area (Å²) in [6, 6.07) is 18.9. The van der Waals surface area contributed by atoms with Crippen LogP contribution >= 0.6 is 0 Å². The van der Waals surface area contributed by atoms with Gasteiger partial charge in [0.05, 0.1) is 6.61 Å². The summed E-state index contributed by atoms with van der Waals surface area (Å²) in [7, 11) is 0. The lowest BCUT2D eigenvalue weighted by Gasteiger charge is -2.17. The van der Waals surface area contributed by atoms with Gasteiger partial charge >= 0.3 is 0 Å². The summed E-state index contributed by atoms with van der Waals surface area (Å²) in [6.45, 7) is 12.1. The van der Waals surface area contributed by atoms with E-state index in [4.69, 9.17) is 9.47 Å². The number of aromatic amines is 2. The number of benzene rings is 3. The number of nitrogens with zero attached hydrogens (tertiary/aromatic N) is 2. The number of aryl methyl sites for hydroxylation is 2. The molecule has 0 spiro atoms. The molecule has 0 atom stereocenters. The first-order chi connectivity index (χ1) is 21.1. The second kappa shape index (κ2) is 16.4. The van der Waals surface area contributed by atoms with Gasteiger partial charge in [-0.1, -0.05) is 70.2 Å². The Morgan fingerprint density at radius 2 is 1.07 bits per heavy atom.